The van der Waals surface area contributed by atoms with Gasteiger partial charge in [0.25, 0.3) is 0 Å². The molecule has 13 heavy (non-hydrogen) atoms. The number of carbonyl (C=O) groups excluding carboxylic acids is 1. The molecule has 1 amide bonds. The maximum atomic E-state index is 11.1. The van der Waals surface area contributed by atoms with Crippen LogP contribution in [0.5, 0.6) is 0 Å². The van der Waals surface area contributed by atoms with Crippen molar-refractivity contribution in [2.24, 2.45) is 0 Å². The number of rotatable bonds is 2. The third-order valence-corrected chi connectivity index (χ3v) is 1.20. The van der Waals surface area contributed by atoms with Gasteiger partial charge in [0.15, 0.2) is 0 Å². The van der Waals surface area contributed by atoms with Crippen LogP contribution in [-0.4, -0.2) is 18.2 Å². The Bertz CT molecular complexity index is 232. The van der Waals surface area contributed by atoms with Crippen LogP contribution in [0, 0.1) is 0 Å². The van der Waals surface area contributed by atoms with Crippen LogP contribution in [0.2, 0.25) is 0 Å². The third kappa shape index (κ3) is 7.16. The molecule has 74 valence electrons. The van der Waals surface area contributed by atoms with Gasteiger partial charge in [-0.25, -0.2) is 4.79 Å². The lowest BCUT2D eigenvalue weighted by Gasteiger charge is -2.19. The van der Waals surface area contributed by atoms with Crippen molar-refractivity contribution in [2.75, 3.05) is 6.54 Å². The Morgan fingerprint density at radius 2 is 2.08 bits per heavy atom. The van der Waals surface area contributed by atoms with E-state index in [4.69, 9.17) is 4.74 Å². The molecular formula is C10H17NO2. The van der Waals surface area contributed by atoms with Gasteiger partial charge in [0.05, 0.1) is 0 Å². The molecule has 0 aromatic carbocycles. The van der Waals surface area contributed by atoms with Crippen LogP contribution >= 0.6 is 0 Å². The number of alkyl carbamates (subject to hydrolysis) is 1. The quantitative estimate of drug-likeness (QED) is 0.667. The summed E-state index contributed by atoms with van der Waals surface area (Å²) in [6, 6.07) is 0. The molecule has 0 aliphatic rings. The predicted octanol–water partition coefficient (Wildman–Crippen LogP) is 2.24. The van der Waals surface area contributed by atoms with Crippen molar-refractivity contribution in [3.05, 3.63) is 17.9 Å². The van der Waals surface area contributed by atoms with E-state index in [2.05, 4.69) is 17.6 Å². The van der Waals surface area contributed by atoms with E-state index < -0.39 is 11.7 Å². The third-order valence-electron chi connectivity index (χ3n) is 1.20. The first kappa shape index (κ1) is 11.8. The first-order valence-corrected chi connectivity index (χ1v) is 4.17. The van der Waals surface area contributed by atoms with Crippen LogP contribution in [0.4, 0.5) is 4.79 Å². The minimum absolute atomic E-state index is 0.415. The zero-order valence-electron chi connectivity index (χ0n) is 8.73. The van der Waals surface area contributed by atoms with Gasteiger partial charge in [-0.2, -0.15) is 0 Å². The fourth-order valence-electron chi connectivity index (χ4n) is 0.581. The first-order valence-electron chi connectivity index (χ1n) is 4.17. The maximum Gasteiger partial charge on any atom is 0.407 e. The molecular weight excluding hydrogens is 166 g/mol. The standard InChI is InChI=1S/C10H17NO2/c1-6-8(2)7-11-9(12)13-10(3,4)5/h1,7H2,2-5H3,(H,11,12). The van der Waals surface area contributed by atoms with Crippen LogP contribution in [0.15, 0.2) is 17.9 Å². The second-order valence-corrected chi connectivity index (χ2v) is 3.81. The van der Waals surface area contributed by atoms with Gasteiger partial charge in [0, 0.05) is 6.54 Å². The molecule has 0 saturated carbocycles. The lowest BCUT2D eigenvalue weighted by molar-refractivity contribution is 0.0532. The largest absolute Gasteiger partial charge is 0.444 e. The molecule has 0 heterocycles. The van der Waals surface area contributed by atoms with Crippen molar-refractivity contribution in [2.45, 2.75) is 33.3 Å². The summed E-state index contributed by atoms with van der Waals surface area (Å²) in [5, 5.41) is 2.59. The molecule has 1 N–H and O–H groups in total. The summed E-state index contributed by atoms with van der Waals surface area (Å²) < 4.78 is 5.02. The molecule has 0 spiro atoms. The van der Waals surface area contributed by atoms with Crippen molar-refractivity contribution in [1.82, 2.24) is 5.32 Å². The number of hydrogen-bond acceptors (Lipinski definition) is 2. The lowest BCUT2D eigenvalue weighted by Crippen LogP contribution is -2.33. The summed E-state index contributed by atoms with van der Waals surface area (Å²) >= 11 is 0. The molecule has 0 aromatic rings. The monoisotopic (exact) mass is 183 g/mol. The Kier molecular flexibility index (Phi) is 4.29. The summed E-state index contributed by atoms with van der Waals surface area (Å²) in [7, 11) is 0. The molecule has 0 aliphatic heterocycles. The van der Waals surface area contributed by atoms with Gasteiger partial charge in [0.1, 0.15) is 5.60 Å². The number of amides is 1. The van der Waals surface area contributed by atoms with Crippen LogP contribution in [-0.2, 0) is 4.74 Å². The summed E-state index contributed by atoms with van der Waals surface area (Å²) in [5.41, 5.74) is 3.11. The number of hydrogen-bond donors (Lipinski definition) is 1. The fourth-order valence-corrected chi connectivity index (χ4v) is 0.581. The minimum atomic E-state index is -0.449. The maximum absolute atomic E-state index is 11.1. The topological polar surface area (TPSA) is 38.3 Å². The van der Waals surface area contributed by atoms with E-state index in [0.29, 0.717) is 6.54 Å². The molecule has 0 unspecified atom stereocenters. The Hall–Kier alpha value is -1.21. The highest BCUT2D eigenvalue weighted by Crippen LogP contribution is 2.06. The van der Waals surface area contributed by atoms with Crippen LogP contribution in [0.3, 0.4) is 0 Å². The van der Waals surface area contributed by atoms with Crippen molar-refractivity contribution < 1.29 is 9.53 Å². The van der Waals surface area contributed by atoms with Crippen molar-refractivity contribution >= 4 is 6.09 Å². The van der Waals surface area contributed by atoms with Gasteiger partial charge < -0.3 is 10.1 Å². The molecule has 0 aliphatic carbocycles. The SMILES string of the molecule is C=C=C(C)CNC(=O)OC(C)(C)C. The Balaban J connectivity index is 3.84. The molecule has 0 atom stereocenters. The van der Waals surface area contributed by atoms with E-state index in [-0.39, 0.29) is 0 Å². The molecule has 3 heteroatoms. The van der Waals surface area contributed by atoms with Gasteiger partial charge in [-0.1, -0.05) is 6.58 Å². The second kappa shape index (κ2) is 4.73. The Labute approximate surface area is 79.5 Å². The molecule has 0 saturated heterocycles. The van der Waals surface area contributed by atoms with Crippen molar-refractivity contribution in [3.8, 4) is 0 Å². The van der Waals surface area contributed by atoms with Gasteiger partial charge >= 0.3 is 6.09 Å². The minimum Gasteiger partial charge on any atom is -0.444 e. The van der Waals surface area contributed by atoms with Crippen LogP contribution < -0.4 is 5.32 Å². The summed E-state index contributed by atoms with van der Waals surface area (Å²) in [6.45, 7) is 11.2. The van der Waals surface area contributed by atoms with Gasteiger partial charge in [-0.05, 0) is 33.3 Å². The van der Waals surface area contributed by atoms with Gasteiger partial charge in [-0.15, -0.1) is 5.73 Å². The normalized spacial score (nSPS) is 10.2. The van der Waals surface area contributed by atoms with Gasteiger partial charge in [-0.3, -0.25) is 0 Å². The summed E-state index contributed by atoms with van der Waals surface area (Å²) in [4.78, 5) is 11.1. The average Bonchev–Trinajstić information content (AvgIpc) is 1.97. The molecule has 0 bridgehead atoms. The highest BCUT2D eigenvalue weighted by molar-refractivity contribution is 5.67. The number of carbonyl (C=O) groups is 1. The van der Waals surface area contributed by atoms with E-state index in [1.165, 1.54) is 0 Å². The van der Waals surface area contributed by atoms with Gasteiger partial charge in [0.2, 0.25) is 0 Å². The molecule has 0 radical (unpaired) electrons. The smallest absolute Gasteiger partial charge is 0.407 e. The van der Waals surface area contributed by atoms with E-state index in [0.717, 1.165) is 5.57 Å². The molecule has 0 rings (SSSR count). The fraction of sp³-hybridized carbons (Fsp3) is 0.600. The summed E-state index contributed by atoms with van der Waals surface area (Å²) in [6.07, 6.45) is -0.415. The van der Waals surface area contributed by atoms with E-state index >= 15 is 0 Å². The number of nitrogens with one attached hydrogen (secondary N) is 1. The Morgan fingerprint density at radius 1 is 1.54 bits per heavy atom. The van der Waals surface area contributed by atoms with Crippen molar-refractivity contribution in [1.29, 1.82) is 0 Å². The predicted molar refractivity (Wildman–Crippen MR) is 52.6 cm³/mol. The van der Waals surface area contributed by atoms with E-state index in [1.54, 1.807) is 0 Å². The summed E-state index contributed by atoms with van der Waals surface area (Å²) in [5.74, 6) is 0. The van der Waals surface area contributed by atoms with Crippen LogP contribution in [0.1, 0.15) is 27.7 Å². The highest BCUT2D eigenvalue weighted by atomic mass is 16.6. The highest BCUT2D eigenvalue weighted by Gasteiger charge is 2.15. The lowest BCUT2D eigenvalue weighted by atomic mass is 10.2. The number of ether oxygens (including phenoxy) is 1. The van der Waals surface area contributed by atoms with E-state index in [9.17, 15) is 4.79 Å². The molecule has 0 aromatic heterocycles. The second-order valence-electron chi connectivity index (χ2n) is 3.81. The van der Waals surface area contributed by atoms with Crippen LogP contribution in [0.25, 0.3) is 0 Å². The van der Waals surface area contributed by atoms with E-state index in [1.807, 2.05) is 27.7 Å². The first-order chi connectivity index (χ1) is 5.85. The zero-order valence-corrected chi connectivity index (χ0v) is 8.73. The van der Waals surface area contributed by atoms with Crippen molar-refractivity contribution in [3.63, 3.8) is 0 Å². The molecule has 3 nitrogen and oxygen atoms in total. The molecule has 0 fully saturated rings. The average molecular weight is 183 g/mol. The zero-order chi connectivity index (χ0) is 10.5. The Morgan fingerprint density at radius 3 is 2.46 bits per heavy atom.